The molecular formula is C18H30IN5O. The van der Waals surface area contributed by atoms with E-state index in [2.05, 4.69) is 28.3 Å². The van der Waals surface area contributed by atoms with E-state index in [0.29, 0.717) is 0 Å². The van der Waals surface area contributed by atoms with Gasteiger partial charge in [0.2, 0.25) is 0 Å². The Morgan fingerprint density at radius 1 is 1.48 bits per heavy atom. The van der Waals surface area contributed by atoms with Crippen molar-refractivity contribution in [1.82, 2.24) is 20.0 Å². The molecule has 0 radical (unpaired) electrons. The Kier molecular flexibility index (Phi) is 8.21. The van der Waals surface area contributed by atoms with Crippen molar-refractivity contribution in [3.63, 3.8) is 0 Å². The van der Waals surface area contributed by atoms with Crippen LogP contribution in [0.5, 0.6) is 0 Å². The van der Waals surface area contributed by atoms with Crippen LogP contribution in [0.15, 0.2) is 29.0 Å². The van der Waals surface area contributed by atoms with E-state index in [4.69, 9.17) is 9.73 Å². The minimum atomic E-state index is 0. The van der Waals surface area contributed by atoms with Crippen LogP contribution in [-0.2, 0) is 11.8 Å². The highest BCUT2D eigenvalue weighted by Gasteiger charge is 2.25. The zero-order valence-corrected chi connectivity index (χ0v) is 17.6. The lowest BCUT2D eigenvalue weighted by atomic mass is 10.1. The van der Waals surface area contributed by atoms with Crippen molar-refractivity contribution in [1.29, 1.82) is 0 Å². The summed E-state index contributed by atoms with van der Waals surface area (Å²) in [6.45, 7) is 6.29. The molecule has 1 atom stereocenters. The van der Waals surface area contributed by atoms with Crippen LogP contribution in [0.1, 0.15) is 44.3 Å². The first-order chi connectivity index (χ1) is 11.8. The van der Waals surface area contributed by atoms with Crippen LogP contribution in [0.2, 0.25) is 0 Å². The predicted molar refractivity (Wildman–Crippen MR) is 111 cm³/mol. The van der Waals surface area contributed by atoms with Gasteiger partial charge in [-0.15, -0.1) is 24.0 Å². The number of halogens is 1. The summed E-state index contributed by atoms with van der Waals surface area (Å²) < 4.78 is 7.76. The number of ether oxygens (including phenoxy) is 1. The summed E-state index contributed by atoms with van der Waals surface area (Å²) in [6.07, 6.45) is 11.3. The molecular weight excluding hydrogens is 429 g/mol. The number of aromatic nitrogens is 2. The van der Waals surface area contributed by atoms with Gasteiger partial charge in [0.05, 0.1) is 19.3 Å². The summed E-state index contributed by atoms with van der Waals surface area (Å²) in [5, 5.41) is 7.69. The third kappa shape index (κ3) is 5.70. The SMILES string of the molecule is CCNC(=NCCC1=CCCC1)N1CCOC(c2cnn(C)c2)C1.I. The highest BCUT2D eigenvalue weighted by molar-refractivity contribution is 14.0. The first-order valence-corrected chi connectivity index (χ1v) is 9.07. The number of nitrogens with zero attached hydrogens (tertiary/aromatic N) is 4. The predicted octanol–water partition coefficient (Wildman–Crippen LogP) is 2.88. The van der Waals surface area contributed by atoms with E-state index in [1.54, 1.807) is 5.57 Å². The molecule has 25 heavy (non-hydrogen) atoms. The molecule has 1 unspecified atom stereocenters. The lowest BCUT2D eigenvalue weighted by Crippen LogP contribution is -2.48. The standard InChI is InChI=1S/C18H29N5O.HI/c1-3-19-18(20-9-8-15-6-4-5-7-15)23-10-11-24-17(14-23)16-12-21-22(2)13-16;/h6,12-13,17H,3-5,7-11,14H2,1-2H3,(H,19,20);1H. The van der Waals surface area contributed by atoms with E-state index in [9.17, 15) is 0 Å². The van der Waals surface area contributed by atoms with Crippen LogP contribution in [0, 0.1) is 0 Å². The molecule has 1 aliphatic heterocycles. The Morgan fingerprint density at radius 3 is 3.04 bits per heavy atom. The van der Waals surface area contributed by atoms with Gasteiger partial charge in [-0.25, -0.2) is 0 Å². The molecule has 0 aromatic carbocycles. The van der Waals surface area contributed by atoms with Crippen LogP contribution < -0.4 is 5.32 Å². The molecule has 140 valence electrons. The molecule has 7 heteroatoms. The van der Waals surface area contributed by atoms with Crippen LogP contribution in [0.4, 0.5) is 0 Å². The maximum absolute atomic E-state index is 5.93. The Hall–Kier alpha value is -1.09. The second-order valence-electron chi connectivity index (χ2n) is 6.49. The van der Waals surface area contributed by atoms with Gasteiger partial charge in [0, 0.05) is 38.4 Å². The summed E-state index contributed by atoms with van der Waals surface area (Å²) in [4.78, 5) is 7.16. The molecule has 2 aliphatic rings. The molecule has 1 fully saturated rings. The Morgan fingerprint density at radius 2 is 2.36 bits per heavy atom. The summed E-state index contributed by atoms with van der Waals surface area (Å²) in [5.74, 6) is 1.01. The lowest BCUT2D eigenvalue weighted by Gasteiger charge is -2.34. The maximum Gasteiger partial charge on any atom is 0.194 e. The fourth-order valence-electron chi connectivity index (χ4n) is 3.35. The molecule has 0 bridgehead atoms. The number of nitrogens with one attached hydrogen (secondary N) is 1. The van der Waals surface area contributed by atoms with E-state index < -0.39 is 0 Å². The third-order valence-electron chi connectivity index (χ3n) is 4.63. The highest BCUT2D eigenvalue weighted by Crippen LogP contribution is 2.22. The van der Waals surface area contributed by atoms with Gasteiger partial charge in [0.1, 0.15) is 6.10 Å². The largest absolute Gasteiger partial charge is 0.370 e. The number of aryl methyl sites for hydroxylation is 1. The second-order valence-corrected chi connectivity index (χ2v) is 6.49. The van der Waals surface area contributed by atoms with Gasteiger partial charge in [-0.2, -0.15) is 5.10 Å². The average Bonchev–Trinajstić information content (AvgIpc) is 3.26. The van der Waals surface area contributed by atoms with Gasteiger partial charge in [-0.1, -0.05) is 11.6 Å². The van der Waals surface area contributed by atoms with Gasteiger partial charge in [-0.05, 0) is 32.6 Å². The molecule has 3 rings (SSSR count). The quantitative estimate of drug-likeness (QED) is 0.319. The monoisotopic (exact) mass is 459 g/mol. The first-order valence-electron chi connectivity index (χ1n) is 9.07. The molecule has 2 heterocycles. The number of allylic oxidation sites excluding steroid dienone is 1. The lowest BCUT2D eigenvalue weighted by molar-refractivity contribution is -0.00803. The molecule has 1 N–H and O–H groups in total. The summed E-state index contributed by atoms with van der Waals surface area (Å²) in [7, 11) is 1.94. The smallest absolute Gasteiger partial charge is 0.194 e. The van der Waals surface area contributed by atoms with E-state index in [1.165, 1.54) is 19.3 Å². The number of hydrogen-bond donors (Lipinski definition) is 1. The van der Waals surface area contributed by atoms with Crippen molar-refractivity contribution >= 4 is 29.9 Å². The Bertz CT molecular complexity index is 598. The van der Waals surface area contributed by atoms with Gasteiger partial charge in [0.15, 0.2) is 5.96 Å². The number of hydrogen-bond acceptors (Lipinski definition) is 3. The maximum atomic E-state index is 5.93. The molecule has 1 saturated heterocycles. The van der Waals surface area contributed by atoms with E-state index in [1.807, 2.05) is 24.1 Å². The van der Waals surface area contributed by atoms with Crippen LogP contribution in [-0.4, -0.2) is 53.4 Å². The number of rotatable bonds is 5. The minimum absolute atomic E-state index is 0. The van der Waals surface area contributed by atoms with Gasteiger partial charge in [-0.3, -0.25) is 9.67 Å². The zero-order valence-electron chi connectivity index (χ0n) is 15.3. The third-order valence-corrected chi connectivity index (χ3v) is 4.63. The van der Waals surface area contributed by atoms with Crippen molar-refractivity contribution < 1.29 is 4.74 Å². The molecule has 1 aliphatic carbocycles. The van der Waals surface area contributed by atoms with Crippen molar-refractivity contribution in [3.05, 3.63) is 29.6 Å². The summed E-state index contributed by atoms with van der Waals surface area (Å²) >= 11 is 0. The fourth-order valence-corrected chi connectivity index (χ4v) is 3.35. The first kappa shape index (κ1) is 20.2. The van der Waals surface area contributed by atoms with Crippen molar-refractivity contribution in [2.24, 2.45) is 12.0 Å². The average molecular weight is 459 g/mol. The van der Waals surface area contributed by atoms with Crippen LogP contribution >= 0.6 is 24.0 Å². The topological polar surface area (TPSA) is 54.7 Å². The molecule has 0 spiro atoms. The van der Waals surface area contributed by atoms with E-state index in [-0.39, 0.29) is 30.1 Å². The number of morpholine rings is 1. The normalized spacial score (nSPS) is 21.0. The van der Waals surface area contributed by atoms with Crippen LogP contribution in [0.3, 0.4) is 0 Å². The second kappa shape index (κ2) is 10.2. The van der Waals surface area contributed by atoms with Gasteiger partial charge >= 0.3 is 0 Å². The number of guanidine groups is 1. The zero-order chi connectivity index (χ0) is 16.8. The van der Waals surface area contributed by atoms with E-state index >= 15 is 0 Å². The summed E-state index contributed by atoms with van der Waals surface area (Å²) in [6, 6.07) is 0. The molecule has 6 nitrogen and oxygen atoms in total. The van der Waals surface area contributed by atoms with Crippen molar-refractivity contribution in [2.75, 3.05) is 32.8 Å². The number of aliphatic imine (C=N–C) groups is 1. The van der Waals surface area contributed by atoms with Gasteiger partial charge < -0.3 is 15.0 Å². The van der Waals surface area contributed by atoms with Crippen LogP contribution in [0.25, 0.3) is 0 Å². The highest BCUT2D eigenvalue weighted by atomic mass is 127. The summed E-state index contributed by atoms with van der Waals surface area (Å²) in [5.41, 5.74) is 2.71. The van der Waals surface area contributed by atoms with Crippen molar-refractivity contribution in [2.45, 2.75) is 38.7 Å². The molecule has 0 amide bonds. The molecule has 0 saturated carbocycles. The molecule has 1 aromatic rings. The minimum Gasteiger partial charge on any atom is -0.370 e. The van der Waals surface area contributed by atoms with Crippen molar-refractivity contribution in [3.8, 4) is 0 Å². The Balaban J connectivity index is 0.00000225. The fraction of sp³-hybridized carbons (Fsp3) is 0.667. The Labute approximate surface area is 167 Å². The van der Waals surface area contributed by atoms with E-state index in [0.717, 1.165) is 50.7 Å². The molecule has 1 aromatic heterocycles. The van der Waals surface area contributed by atoms with Gasteiger partial charge in [0.25, 0.3) is 0 Å².